The molecule has 0 saturated heterocycles. The van der Waals surface area contributed by atoms with Crippen LogP contribution in [0.2, 0.25) is 0 Å². The van der Waals surface area contributed by atoms with Crippen LogP contribution in [0.15, 0.2) is 0 Å². The molecular formula is C10H18NNaO2. The van der Waals surface area contributed by atoms with E-state index >= 15 is 0 Å². The molecule has 0 aliphatic heterocycles. The Morgan fingerprint density at radius 2 is 1.79 bits per heavy atom. The Kier molecular flexibility index (Phi) is 8.98. The van der Waals surface area contributed by atoms with Gasteiger partial charge in [0.2, 0.25) is 0 Å². The zero-order valence-electron chi connectivity index (χ0n) is 9.05. The predicted octanol–water partition coefficient (Wildman–Crippen LogP) is -2.56. The van der Waals surface area contributed by atoms with Crippen LogP contribution in [0.25, 0.3) is 0 Å². The minimum absolute atomic E-state index is 0. The summed E-state index contributed by atoms with van der Waals surface area (Å²) in [5.41, 5.74) is 0. The van der Waals surface area contributed by atoms with Gasteiger partial charge in [0.05, 0.1) is 0 Å². The SMILES string of the molecule is O=C([O-])CCNC1CCCCCC1.[Na+]. The second-order valence-corrected chi connectivity index (χ2v) is 3.76. The van der Waals surface area contributed by atoms with Crippen LogP contribution < -0.4 is 40.0 Å². The molecular weight excluding hydrogens is 189 g/mol. The van der Waals surface area contributed by atoms with E-state index in [1.165, 1.54) is 38.5 Å². The molecule has 0 bridgehead atoms. The molecule has 1 aliphatic rings. The Bertz CT molecular complexity index is 156. The monoisotopic (exact) mass is 207 g/mol. The fourth-order valence-corrected chi connectivity index (χ4v) is 1.86. The van der Waals surface area contributed by atoms with Crippen molar-refractivity contribution >= 4 is 5.97 Å². The zero-order chi connectivity index (χ0) is 9.52. The zero-order valence-corrected chi connectivity index (χ0v) is 11.1. The van der Waals surface area contributed by atoms with E-state index in [2.05, 4.69) is 5.32 Å². The Hall–Kier alpha value is 0.430. The van der Waals surface area contributed by atoms with Gasteiger partial charge in [-0.2, -0.15) is 0 Å². The molecule has 1 aliphatic carbocycles. The average Bonchev–Trinajstić information content (AvgIpc) is 2.32. The first kappa shape index (κ1) is 14.4. The molecule has 0 atom stereocenters. The van der Waals surface area contributed by atoms with E-state index in [-0.39, 0.29) is 36.0 Å². The minimum Gasteiger partial charge on any atom is -0.550 e. The van der Waals surface area contributed by atoms with Crippen LogP contribution in [-0.2, 0) is 4.79 Å². The molecule has 0 aromatic carbocycles. The maximum atomic E-state index is 10.2. The third-order valence-corrected chi connectivity index (χ3v) is 2.62. The molecule has 0 heterocycles. The van der Waals surface area contributed by atoms with E-state index in [0.29, 0.717) is 12.6 Å². The summed E-state index contributed by atoms with van der Waals surface area (Å²) in [6.45, 7) is 0.562. The van der Waals surface area contributed by atoms with Crippen molar-refractivity contribution in [2.24, 2.45) is 0 Å². The number of carbonyl (C=O) groups excluding carboxylic acids is 1. The summed E-state index contributed by atoms with van der Waals surface area (Å²) in [5, 5.41) is 13.4. The van der Waals surface area contributed by atoms with Crippen LogP contribution in [-0.4, -0.2) is 18.6 Å². The predicted molar refractivity (Wildman–Crippen MR) is 49.1 cm³/mol. The molecule has 0 spiro atoms. The fourth-order valence-electron chi connectivity index (χ4n) is 1.86. The number of rotatable bonds is 4. The van der Waals surface area contributed by atoms with E-state index in [0.717, 1.165) is 0 Å². The molecule has 3 nitrogen and oxygen atoms in total. The first-order valence-corrected chi connectivity index (χ1v) is 5.22. The molecule has 1 rings (SSSR count). The van der Waals surface area contributed by atoms with Crippen LogP contribution in [0, 0.1) is 0 Å². The Morgan fingerprint density at radius 3 is 2.29 bits per heavy atom. The summed E-state index contributed by atoms with van der Waals surface area (Å²) in [7, 11) is 0. The van der Waals surface area contributed by atoms with E-state index in [1.54, 1.807) is 0 Å². The number of carboxylic acid groups (broad SMARTS) is 1. The minimum atomic E-state index is -0.957. The van der Waals surface area contributed by atoms with Gasteiger partial charge in [-0.3, -0.25) is 0 Å². The number of hydrogen-bond donors (Lipinski definition) is 1. The number of hydrogen-bond acceptors (Lipinski definition) is 3. The maximum absolute atomic E-state index is 10.2. The van der Waals surface area contributed by atoms with Crippen molar-refractivity contribution in [3.8, 4) is 0 Å². The van der Waals surface area contributed by atoms with Crippen molar-refractivity contribution in [1.82, 2.24) is 5.32 Å². The van der Waals surface area contributed by atoms with Crippen LogP contribution in [0.1, 0.15) is 44.9 Å². The normalized spacial score (nSPS) is 18.3. The summed E-state index contributed by atoms with van der Waals surface area (Å²) in [4.78, 5) is 10.2. The molecule has 4 heteroatoms. The number of nitrogens with one attached hydrogen (secondary N) is 1. The molecule has 0 aromatic heterocycles. The van der Waals surface area contributed by atoms with Crippen LogP contribution in [0.5, 0.6) is 0 Å². The van der Waals surface area contributed by atoms with Crippen molar-refractivity contribution in [3.05, 3.63) is 0 Å². The molecule has 1 fully saturated rings. The molecule has 0 amide bonds. The molecule has 1 saturated carbocycles. The van der Waals surface area contributed by atoms with Crippen molar-refractivity contribution < 1.29 is 39.5 Å². The molecule has 0 aromatic rings. The van der Waals surface area contributed by atoms with Crippen LogP contribution >= 0.6 is 0 Å². The summed E-state index contributed by atoms with van der Waals surface area (Å²) in [5.74, 6) is -0.957. The van der Waals surface area contributed by atoms with Crippen molar-refractivity contribution in [1.29, 1.82) is 0 Å². The third kappa shape index (κ3) is 6.82. The smallest absolute Gasteiger partial charge is 0.550 e. The summed E-state index contributed by atoms with van der Waals surface area (Å²) >= 11 is 0. The molecule has 14 heavy (non-hydrogen) atoms. The van der Waals surface area contributed by atoms with Crippen molar-refractivity contribution in [2.45, 2.75) is 51.0 Å². The Labute approximate surface area is 108 Å². The van der Waals surface area contributed by atoms with E-state index in [1.807, 2.05) is 0 Å². The molecule has 0 radical (unpaired) electrons. The van der Waals surface area contributed by atoms with Crippen LogP contribution in [0.3, 0.4) is 0 Å². The van der Waals surface area contributed by atoms with Crippen molar-refractivity contribution in [2.75, 3.05) is 6.54 Å². The van der Waals surface area contributed by atoms with Gasteiger partial charge in [0, 0.05) is 18.6 Å². The summed E-state index contributed by atoms with van der Waals surface area (Å²) in [6, 6.07) is 0.543. The number of aliphatic carboxylic acids is 1. The topological polar surface area (TPSA) is 52.2 Å². The first-order chi connectivity index (χ1) is 6.29. The summed E-state index contributed by atoms with van der Waals surface area (Å²) < 4.78 is 0. The third-order valence-electron chi connectivity index (χ3n) is 2.62. The molecule has 0 unspecified atom stereocenters. The van der Waals surface area contributed by atoms with E-state index in [4.69, 9.17) is 0 Å². The van der Waals surface area contributed by atoms with E-state index < -0.39 is 5.97 Å². The van der Waals surface area contributed by atoms with Gasteiger partial charge in [-0.1, -0.05) is 25.7 Å². The Balaban J connectivity index is 0.00000169. The number of carbonyl (C=O) groups is 1. The standard InChI is InChI=1S/C10H19NO2.Na/c12-10(13)7-8-11-9-5-3-1-2-4-6-9;/h9,11H,1-8H2,(H,12,13);/q;+1/p-1. The van der Waals surface area contributed by atoms with E-state index in [9.17, 15) is 9.90 Å². The van der Waals surface area contributed by atoms with Gasteiger partial charge in [-0.15, -0.1) is 0 Å². The largest absolute Gasteiger partial charge is 1.00 e. The van der Waals surface area contributed by atoms with Crippen LogP contribution in [0.4, 0.5) is 0 Å². The van der Waals surface area contributed by atoms with Gasteiger partial charge >= 0.3 is 29.6 Å². The van der Waals surface area contributed by atoms with Gasteiger partial charge in [0.15, 0.2) is 0 Å². The second-order valence-electron chi connectivity index (χ2n) is 3.76. The quantitative estimate of drug-likeness (QED) is 0.408. The molecule has 1 N–H and O–H groups in total. The first-order valence-electron chi connectivity index (χ1n) is 5.22. The van der Waals surface area contributed by atoms with Gasteiger partial charge in [-0.25, -0.2) is 0 Å². The maximum Gasteiger partial charge on any atom is 1.00 e. The summed E-state index contributed by atoms with van der Waals surface area (Å²) in [6.07, 6.45) is 7.76. The van der Waals surface area contributed by atoms with Crippen molar-refractivity contribution in [3.63, 3.8) is 0 Å². The van der Waals surface area contributed by atoms with Gasteiger partial charge in [-0.05, 0) is 19.3 Å². The van der Waals surface area contributed by atoms with Gasteiger partial charge < -0.3 is 15.2 Å². The average molecular weight is 207 g/mol. The Morgan fingerprint density at radius 1 is 1.21 bits per heavy atom. The van der Waals surface area contributed by atoms with Gasteiger partial charge in [0.25, 0.3) is 0 Å². The number of carboxylic acids is 1. The second kappa shape index (κ2) is 8.72. The molecule has 76 valence electrons. The van der Waals surface area contributed by atoms with Gasteiger partial charge in [0.1, 0.15) is 0 Å². The fraction of sp³-hybridized carbons (Fsp3) is 0.900.